The Morgan fingerprint density at radius 2 is 1.90 bits per heavy atom. The van der Waals surface area contributed by atoms with Gasteiger partial charge in [-0.3, -0.25) is 9.59 Å². The van der Waals surface area contributed by atoms with Crippen LogP contribution < -0.4 is 5.32 Å². The molecule has 0 heterocycles. The van der Waals surface area contributed by atoms with Crippen molar-refractivity contribution < 1.29 is 14.7 Å². The summed E-state index contributed by atoms with van der Waals surface area (Å²) < 4.78 is 0. The van der Waals surface area contributed by atoms with Gasteiger partial charge in [0.2, 0.25) is 11.8 Å². The van der Waals surface area contributed by atoms with Gasteiger partial charge in [-0.1, -0.05) is 29.3 Å². The maximum absolute atomic E-state index is 11.6. The number of hydrogen-bond acceptors (Lipinski definition) is 3. The Bertz CT molecular complexity index is 488. The van der Waals surface area contributed by atoms with E-state index >= 15 is 0 Å². The van der Waals surface area contributed by atoms with E-state index in [2.05, 4.69) is 5.32 Å². The molecule has 1 aromatic rings. The molecule has 1 aromatic carbocycles. The average Bonchev–Trinajstić information content (AvgIpc) is 2.36. The van der Waals surface area contributed by atoms with Crippen molar-refractivity contribution in [1.82, 2.24) is 10.2 Å². The lowest BCUT2D eigenvalue weighted by atomic mass is 10.1. The minimum atomic E-state index is -1.01. The van der Waals surface area contributed by atoms with Gasteiger partial charge >= 0.3 is 0 Å². The van der Waals surface area contributed by atoms with E-state index in [0.717, 1.165) is 0 Å². The van der Waals surface area contributed by atoms with Gasteiger partial charge in [0.05, 0.1) is 12.6 Å². The van der Waals surface area contributed by atoms with Gasteiger partial charge in [0, 0.05) is 36.1 Å². The SMILES string of the molecule is CC(=O)N(C)CC(=O)NCC(O)c1c(Cl)cccc1Cl. The second-order valence-electron chi connectivity index (χ2n) is 4.33. The van der Waals surface area contributed by atoms with Crippen molar-refractivity contribution in [3.63, 3.8) is 0 Å². The lowest BCUT2D eigenvalue weighted by molar-refractivity contribution is -0.133. The van der Waals surface area contributed by atoms with Gasteiger partial charge in [0.1, 0.15) is 0 Å². The van der Waals surface area contributed by atoms with Crippen LogP contribution in [0.1, 0.15) is 18.6 Å². The number of aliphatic hydroxyl groups is 1. The molecule has 2 amide bonds. The molecule has 0 spiro atoms. The molecule has 20 heavy (non-hydrogen) atoms. The fourth-order valence-electron chi connectivity index (χ4n) is 1.52. The number of amides is 2. The zero-order chi connectivity index (χ0) is 15.3. The number of carbonyl (C=O) groups is 2. The Labute approximate surface area is 127 Å². The maximum Gasteiger partial charge on any atom is 0.239 e. The molecule has 0 bridgehead atoms. The summed E-state index contributed by atoms with van der Waals surface area (Å²) in [5, 5.41) is 13.2. The highest BCUT2D eigenvalue weighted by molar-refractivity contribution is 6.36. The third kappa shape index (κ3) is 4.67. The van der Waals surface area contributed by atoms with Crippen molar-refractivity contribution in [3.05, 3.63) is 33.8 Å². The molecular formula is C13H16Cl2N2O3. The third-order valence-corrected chi connectivity index (χ3v) is 3.40. The summed E-state index contributed by atoms with van der Waals surface area (Å²) in [4.78, 5) is 23.8. The molecule has 0 saturated heterocycles. The van der Waals surface area contributed by atoms with Crippen LogP contribution in [-0.4, -0.2) is 42.0 Å². The molecular weight excluding hydrogens is 303 g/mol. The van der Waals surface area contributed by atoms with E-state index in [0.29, 0.717) is 15.6 Å². The van der Waals surface area contributed by atoms with Gasteiger partial charge in [-0.15, -0.1) is 0 Å². The highest BCUT2D eigenvalue weighted by Gasteiger charge is 2.17. The van der Waals surface area contributed by atoms with Gasteiger partial charge in [-0.25, -0.2) is 0 Å². The molecule has 2 N–H and O–H groups in total. The first-order valence-electron chi connectivity index (χ1n) is 5.93. The van der Waals surface area contributed by atoms with Gasteiger partial charge < -0.3 is 15.3 Å². The van der Waals surface area contributed by atoms with Gasteiger partial charge in [-0.2, -0.15) is 0 Å². The van der Waals surface area contributed by atoms with Crippen LogP contribution in [0.3, 0.4) is 0 Å². The van der Waals surface area contributed by atoms with Crippen molar-refractivity contribution in [2.24, 2.45) is 0 Å². The number of hydrogen-bond donors (Lipinski definition) is 2. The fraction of sp³-hybridized carbons (Fsp3) is 0.385. The molecule has 1 atom stereocenters. The first kappa shape index (κ1) is 16.8. The lowest BCUT2D eigenvalue weighted by Gasteiger charge is -2.17. The Kier molecular flexibility index (Phi) is 6.26. The molecule has 1 unspecified atom stereocenters. The van der Waals surface area contributed by atoms with E-state index < -0.39 is 6.10 Å². The molecule has 0 fully saturated rings. The second-order valence-corrected chi connectivity index (χ2v) is 5.14. The van der Waals surface area contributed by atoms with Crippen LogP contribution in [0.25, 0.3) is 0 Å². The normalized spacial score (nSPS) is 11.8. The zero-order valence-corrected chi connectivity index (χ0v) is 12.7. The first-order valence-corrected chi connectivity index (χ1v) is 6.69. The second kappa shape index (κ2) is 7.47. The summed E-state index contributed by atoms with van der Waals surface area (Å²) in [5.41, 5.74) is 0.371. The highest BCUT2D eigenvalue weighted by atomic mass is 35.5. The quantitative estimate of drug-likeness (QED) is 0.866. The highest BCUT2D eigenvalue weighted by Crippen LogP contribution is 2.29. The molecule has 0 aliphatic rings. The topological polar surface area (TPSA) is 69.6 Å². The largest absolute Gasteiger partial charge is 0.386 e. The summed E-state index contributed by atoms with van der Waals surface area (Å²) in [6.07, 6.45) is -1.01. The van der Waals surface area contributed by atoms with Crippen LogP contribution >= 0.6 is 23.2 Å². The number of nitrogens with one attached hydrogen (secondary N) is 1. The number of rotatable bonds is 5. The van der Waals surface area contributed by atoms with Gasteiger partial charge in [0.15, 0.2) is 0 Å². The predicted octanol–water partition coefficient (Wildman–Crippen LogP) is 1.62. The molecule has 1 rings (SSSR count). The zero-order valence-electron chi connectivity index (χ0n) is 11.2. The summed E-state index contributed by atoms with van der Waals surface area (Å²) in [7, 11) is 1.52. The van der Waals surface area contributed by atoms with Crippen LogP contribution in [0.4, 0.5) is 0 Å². The summed E-state index contributed by atoms with van der Waals surface area (Å²) in [5.74, 6) is -0.584. The standard InChI is InChI=1S/C13H16Cl2N2O3/c1-8(18)17(2)7-12(20)16-6-11(19)13-9(14)4-3-5-10(13)15/h3-5,11,19H,6-7H2,1-2H3,(H,16,20). The van der Waals surface area contributed by atoms with E-state index in [1.165, 1.54) is 18.9 Å². The molecule has 110 valence electrons. The Balaban J connectivity index is 2.57. The number of likely N-dealkylation sites (N-methyl/N-ethyl adjacent to an activating group) is 1. The molecule has 0 aliphatic heterocycles. The van der Waals surface area contributed by atoms with Crippen molar-refractivity contribution >= 4 is 35.0 Å². The van der Waals surface area contributed by atoms with Crippen molar-refractivity contribution in [2.75, 3.05) is 20.1 Å². The lowest BCUT2D eigenvalue weighted by Crippen LogP contribution is -2.38. The molecule has 5 nitrogen and oxygen atoms in total. The van der Waals surface area contributed by atoms with Crippen LogP contribution in [-0.2, 0) is 9.59 Å². The van der Waals surface area contributed by atoms with Crippen LogP contribution in [0.2, 0.25) is 10.0 Å². The Hall–Kier alpha value is -1.30. The van der Waals surface area contributed by atoms with Crippen molar-refractivity contribution in [2.45, 2.75) is 13.0 Å². The van der Waals surface area contributed by atoms with E-state index in [1.54, 1.807) is 18.2 Å². The van der Waals surface area contributed by atoms with Crippen molar-refractivity contribution in [3.8, 4) is 0 Å². The Morgan fingerprint density at radius 1 is 1.35 bits per heavy atom. The number of carbonyl (C=O) groups excluding carboxylic acids is 2. The number of benzene rings is 1. The van der Waals surface area contributed by atoms with E-state index in [1.807, 2.05) is 0 Å². The maximum atomic E-state index is 11.6. The monoisotopic (exact) mass is 318 g/mol. The number of halogens is 2. The molecule has 0 saturated carbocycles. The van der Waals surface area contributed by atoms with Crippen LogP contribution in [0.15, 0.2) is 18.2 Å². The molecule has 0 radical (unpaired) electrons. The summed E-state index contributed by atoms with van der Waals surface area (Å²) in [6, 6.07) is 4.88. The third-order valence-electron chi connectivity index (χ3n) is 2.74. The van der Waals surface area contributed by atoms with E-state index in [-0.39, 0.29) is 24.9 Å². The minimum absolute atomic E-state index is 0.0337. The number of nitrogens with zero attached hydrogens (tertiary/aromatic N) is 1. The van der Waals surface area contributed by atoms with E-state index in [9.17, 15) is 14.7 Å². The summed E-state index contributed by atoms with van der Waals surface area (Å²) >= 11 is 11.9. The van der Waals surface area contributed by atoms with Crippen molar-refractivity contribution in [1.29, 1.82) is 0 Å². The van der Waals surface area contributed by atoms with Gasteiger partial charge in [-0.05, 0) is 12.1 Å². The van der Waals surface area contributed by atoms with E-state index in [4.69, 9.17) is 23.2 Å². The van der Waals surface area contributed by atoms with Gasteiger partial charge in [0.25, 0.3) is 0 Å². The molecule has 7 heteroatoms. The fourth-order valence-corrected chi connectivity index (χ4v) is 2.17. The predicted molar refractivity (Wildman–Crippen MR) is 77.7 cm³/mol. The Morgan fingerprint density at radius 3 is 2.40 bits per heavy atom. The molecule has 0 aromatic heterocycles. The van der Waals surface area contributed by atoms with Crippen LogP contribution in [0, 0.1) is 0 Å². The number of aliphatic hydroxyl groups excluding tert-OH is 1. The smallest absolute Gasteiger partial charge is 0.239 e. The average molecular weight is 319 g/mol. The molecule has 0 aliphatic carbocycles. The minimum Gasteiger partial charge on any atom is -0.386 e. The first-order chi connectivity index (χ1) is 9.32. The summed E-state index contributed by atoms with van der Waals surface area (Å²) in [6.45, 7) is 1.26. The van der Waals surface area contributed by atoms with Crippen LogP contribution in [0.5, 0.6) is 0 Å².